The SMILES string of the molecule is CC(=O)c1c[nH]c(C(=O)NC(C)c2cn[nH]c2)c1. The molecule has 0 aliphatic heterocycles. The number of hydrogen-bond donors (Lipinski definition) is 3. The Balaban J connectivity index is 2.05. The fraction of sp³-hybridized carbons (Fsp3) is 0.250. The Bertz CT molecular complexity index is 556. The van der Waals surface area contributed by atoms with E-state index in [0.717, 1.165) is 5.56 Å². The third-order valence-corrected chi connectivity index (χ3v) is 2.70. The van der Waals surface area contributed by atoms with Crippen LogP contribution in [0.5, 0.6) is 0 Å². The summed E-state index contributed by atoms with van der Waals surface area (Å²) in [5.74, 6) is -0.329. The predicted molar refractivity (Wildman–Crippen MR) is 65.3 cm³/mol. The molecule has 3 N–H and O–H groups in total. The van der Waals surface area contributed by atoms with Gasteiger partial charge in [-0.05, 0) is 19.9 Å². The number of aromatic amines is 2. The highest BCUT2D eigenvalue weighted by Gasteiger charge is 2.14. The largest absolute Gasteiger partial charge is 0.356 e. The maximum absolute atomic E-state index is 11.9. The lowest BCUT2D eigenvalue weighted by Crippen LogP contribution is -2.26. The summed E-state index contributed by atoms with van der Waals surface area (Å²) in [6, 6.07) is 1.39. The summed E-state index contributed by atoms with van der Waals surface area (Å²) in [7, 11) is 0. The molecule has 0 bridgehead atoms. The van der Waals surface area contributed by atoms with Crippen LogP contribution in [-0.4, -0.2) is 26.9 Å². The van der Waals surface area contributed by atoms with E-state index in [1.54, 1.807) is 18.5 Å². The number of nitrogens with one attached hydrogen (secondary N) is 3. The van der Waals surface area contributed by atoms with Crippen molar-refractivity contribution in [2.75, 3.05) is 0 Å². The number of ketones is 1. The van der Waals surface area contributed by atoms with Crippen molar-refractivity contribution in [3.8, 4) is 0 Å². The molecule has 2 heterocycles. The van der Waals surface area contributed by atoms with Gasteiger partial charge in [0, 0.05) is 23.5 Å². The average molecular weight is 246 g/mol. The van der Waals surface area contributed by atoms with Gasteiger partial charge in [-0.25, -0.2) is 0 Å². The zero-order chi connectivity index (χ0) is 13.1. The minimum atomic E-state index is -0.254. The molecule has 94 valence electrons. The highest BCUT2D eigenvalue weighted by atomic mass is 16.2. The fourth-order valence-corrected chi connectivity index (χ4v) is 1.58. The molecule has 1 atom stereocenters. The van der Waals surface area contributed by atoms with E-state index in [4.69, 9.17) is 0 Å². The maximum atomic E-state index is 11.9. The van der Waals surface area contributed by atoms with Crippen LogP contribution in [0.3, 0.4) is 0 Å². The highest BCUT2D eigenvalue weighted by Crippen LogP contribution is 2.11. The molecule has 2 rings (SSSR count). The van der Waals surface area contributed by atoms with E-state index in [1.807, 2.05) is 6.92 Å². The Morgan fingerprint density at radius 2 is 2.17 bits per heavy atom. The van der Waals surface area contributed by atoms with Gasteiger partial charge in [-0.2, -0.15) is 5.10 Å². The van der Waals surface area contributed by atoms with Gasteiger partial charge in [0.15, 0.2) is 5.78 Å². The van der Waals surface area contributed by atoms with Crippen molar-refractivity contribution < 1.29 is 9.59 Å². The van der Waals surface area contributed by atoms with E-state index in [-0.39, 0.29) is 17.7 Å². The molecule has 2 aromatic rings. The van der Waals surface area contributed by atoms with Gasteiger partial charge < -0.3 is 10.3 Å². The molecule has 0 saturated carbocycles. The van der Waals surface area contributed by atoms with Crippen molar-refractivity contribution in [3.63, 3.8) is 0 Å². The lowest BCUT2D eigenvalue weighted by Gasteiger charge is -2.10. The highest BCUT2D eigenvalue weighted by molar-refractivity contribution is 5.99. The van der Waals surface area contributed by atoms with Crippen LogP contribution < -0.4 is 5.32 Å². The van der Waals surface area contributed by atoms with Gasteiger partial charge in [0.25, 0.3) is 5.91 Å². The number of amides is 1. The topological polar surface area (TPSA) is 90.6 Å². The van der Waals surface area contributed by atoms with Crippen molar-refractivity contribution in [2.45, 2.75) is 19.9 Å². The maximum Gasteiger partial charge on any atom is 0.268 e. The summed E-state index contributed by atoms with van der Waals surface area (Å²) < 4.78 is 0. The average Bonchev–Trinajstić information content (AvgIpc) is 3.00. The summed E-state index contributed by atoms with van der Waals surface area (Å²) in [6.07, 6.45) is 4.90. The number of rotatable bonds is 4. The lowest BCUT2D eigenvalue weighted by atomic mass is 10.2. The van der Waals surface area contributed by atoms with Gasteiger partial charge >= 0.3 is 0 Å². The van der Waals surface area contributed by atoms with Crippen LogP contribution in [0.25, 0.3) is 0 Å². The zero-order valence-electron chi connectivity index (χ0n) is 10.2. The van der Waals surface area contributed by atoms with Crippen LogP contribution in [-0.2, 0) is 0 Å². The van der Waals surface area contributed by atoms with Crippen LogP contribution in [0, 0.1) is 0 Å². The molecule has 1 amide bonds. The van der Waals surface area contributed by atoms with Crippen molar-refractivity contribution in [1.29, 1.82) is 0 Å². The van der Waals surface area contributed by atoms with Crippen molar-refractivity contribution >= 4 is 11.7 Å². The fourth-order valence-electron chi connectivity index (χ4n) is 1.58. The summed E-state index contributed by atoms with van der Waals surface area (Å²) in [4.78, 5) is 25.8. The first kappa shape index (κ1) is 12.1. The summed E-state index contributed by atoms with van der Waals surface area (Å²) in [5.41, 5.74) is 1.76. The van der Waals surface area contributed by atoms with Gasteiger partial charge in [-0.3, -0.25) is 14.7 Å². The minimum Gasteiger partial charge on any atom is -0.356 e. The first-order valence-corrected chi connectivity index (χ1v) is 5.57. The van der Waals surface area contributed by atoms with Crippen LogP contribution in [0.2, 0.25) is 0 Å². The quantitative estimate of drug-likeness (QED) is 0.713. The van der Waals surface area contributed by atoms with Crippen molar-refractivity contribution in [1.82, 2.24) is 20.5 Å². The van der Waals surface area contributed by atoms with E-state index in [0.29, 0.717) is 11.3 Å². The van der Waals surface area contributed by atoms with Crippen LogP contribution in [0.15, 0.2) is 24.7 Å². The Labute approximate surface area is 104 Å². The molecule has 0 fully saturated rings. The molecule has 6 nitrogen and oxygen atoms in total. The zero-order valence-corrected chi connectivity index (χ0v) is 10.2. The van der Waals surface area contributed by atoms with E-state index in [2.05, 4.69) is 20.5 Å². The first-order chi connectivity index (χ1) is 8.58. The third kappa shape index (κ3) is 2.48. The number of nitrogens with zero attached hydrogens (tertiary/aromatic N) is 1. The third-order valence-electron chi connectivity index (χ3n) is 2.70. The number of Topliss-reactive ketones (excluding diaryl/α,β-unsaturated/α-hetero) is 1. The molecule has 2 aromatic heterocycles. The van der Waals surface area contributed by atoms with Crippen molar-refractivity contribution in [3.05, 3.63) is 41.5 Å². The molecule has 0 spiro atoms. The van der Waals surface area contributed by atoms with E-state index < -0.39 is 0 Å². The number of H-pyrrole nitrogens is 2. The van der Waals surface area contributed by atoms with Crippen LogP contribution >= 0.6 is 0 Å². The molecule has 1 unspecified atom stereocenters. The van der Waals surface area contributed by atoms with Gasteiger partial charge in [-0.1, -0.05) is 0 Å². The normalized spacial score (nSPS) is 12.1. The monoisotopic (exact) mass is 246 g/mol. The summed E-state index contributed by atoms with van der Waals surface area (Å²) >= 11 is 0. The number of carbonyl (C=O) groups is 2. The van der Waals surface area contributed by atoms with Gasteiger partial charge in [0.1, 0.15) is 5.69 Å². The molecule has 6 heteroatoms. The van der Waals surface area contributed by atoms with Gasteiger partial charge in [-0.15, -0.1) is 0 Å². The Morgan fingerprint density at radius 1 is 1.39 bits per heavy atom. The molecular formula is C12H14N4O2. The number of aromatic nitrogens is 3. The van der Waals surface area contributed by atoms with Crippen LogP contribution in [0.4, 0.5) is 0 Å². The second-order valence-electron chi connectivity index (χ2n) is 4.09. The smallest absolute Gasteiger partial charge is 0.268 e. The van der Waals surface area contributed by atoms with Gasteiger partial charge in [0.2, 0.25) is 0 Å². The lowest BCUT2D eigenvalue weighted by molar-refractivity contribution is 0.0935. The first-order valence-electron chi connectivity index (χ1n) is 5.57. The Kier molecular flexibility index (Phi) is 3.27. The van der Waals surface area contributed by atoms with Gasteiger partial charge in [0.05, 0.1) is 12.2 Å². The second kappa shape index (κ2) is 4.87. The summed E-state index contributed by atoms with van der Waals surface area (Å²) in [6.45, 7) is 3.32. The Morgan fingerprint density at radius 3 is 2.72 bits per heavy atom. The molecule has 0 aromatic carbocycles. The van der Waals surface area contributed by atoms with E-state index in [1.165, 1.54) is 13.1 Å². The van der Waals surface area contributed by atoms with Crippen LogP contribution in [0.1, 0.15) is 46.3 Å². The summed E-state index contributed by atoms with van der Waals surface area (Å²) in [5, 5.41) is 9.32. The predicted octanol–water partition coefficient (Wildman–Crippen LogP) is 1.43. The van der Waals surface area contributed by atoms with E-state index >= 15 is 0 Å². The van der Waals surface area contributed by atoms with E-state index in [9.17, 15) is 9.59 Å². The molecular weight excluding hydrogens is 232 g/mol. The van der Waals surface area contributed by atoms with Crippen molar-refractivity contribution in [2.24, 2.45) is 0 Å². The molecule has 0 aliphatic carbocycles. The standard InChI is InChI=1S/C12H14N4O2/c1-7(10-5-14-15-6-10)16-12(18)11-3-9(4-13-11)8(2)17/h3-7,13H,1-2H3,(H,14,15)(H,16,18). The number of hydrogen-bond acceptors (Lipinski definition) is 3. The minimum absolute atomic E-state index is 0.0758. The molecule has 0 aliphatic rings. The number of carbonyl (C=O) groups excluding carboxylic acids is 2. The molecule has 0 radical (unpaired) electrons. The molecule has 0 saturated heterocycles. The Hall–Kier alpha value is -2.37. The second-order valence-corrected chi connectivity index (χ2v) is 4.09. The molecule has 18 heavy (non-hydrogen) atoms.